The lowest BCUT2D eigenvalue weighted by Crippen LogP contribution is -2.45. The topological polar surface area (TPSA) is 89.8 Å². The summed E-state index contributed by atoms with van der Waals surface area (Å²) >= 11 is 0. The summed E-state index contributed by atoms with van der Waals surface area (Å²) in [5.74, 6) is -0.322. The molecule has 0 radical (unpaired) electrons. The van der Waals surface area contributed by atoms with Crippen LogP contribution in [0.15, 0.2) is 48.6 Å². The minimum absolute atomic E-state index is 0.00637. The monoisotopic (exact) mass is 968 g/mol. The number of carbonyl (C=O) groups is 1. The van der Waals surface area contributed by atoms with E-state index in [0.29, 0.717) is 6.42 Å². The lowest BCUT2D eigenvalue weighted by atomic mass is 10.0. The quantitative estimate of drug-likeness (QED) is 0.0361. The highest BCUT2D eigenvalue weighted by Crippen LogP contribution is 2.17. The van der Waals surface area contributed by atoms with E-state index in [1.807, 2.05) is 6.08 Å². The van der Waals surface area contributed by atoms with Gasteiger partial charge in [-0.3, -0.25) is 4.79 Å². The maximum absolute atomic E-state index is 12.5. The van der Waals surface area contributed by atoms with Gasteiger partial charge in [-0.15, -0.1) is 0 Å². The van der Waals surface area contributed by atoms with E-state index in [1.54, 1.807) is 6.08 Å². The molecule has 5 heteroatoms. The first-order valence-corrected chi connectivity index (χ1v) is 30.9. The van der Waals surface area contributed by atoms with Crippen LogP contribution in [0.5, 0.6) is 0 Å². The van der Waals surface area contributed by atoms with E-state index in [2.05, 4.69) is 55.6 Å². The molecule has 5 nitrogen and oxygen atoms in total. The lowest BCUT2D eigenvalue weighted by Gasteiger charge is -2.21. The van der Waals surface area contributed by atoms with E-state index in [9.17, 15) is 20.1 Å². The highest BCUT2D eigenvalue weighted by atomic mass is 16.3. The molecule has 3 unspecified atom stereocenters. The van der Waals surface area contributed by atoms with Gasteiger partial charge in [-0.25, -0.2) is 0 Å². The van der Waals surface area contributed by atoms with Crippen molar-refractivity contribution in [3.8, 4) is 0 Å². The number of aliphatic hydroxyl groups is 3. The van der Waals surface area contributed by atoms with E-state index in [0.717, 1.165) is 38.5 Å². The SMILES string of the molecule is CCCCCCCCCCCCCCC/C=C\C/C=C\CCCCCCCCCCCCCCCCCC(O)CC(=O)NC(CO)C(O)/C=C/CC/C=C/CCCCCCCCCCCCCCC. The molecule has 0 aliphatic heterocycles. The second kappa shape index (κ2) is 58.9. The van der Waals surface area contributed by atoms with Crippen LogP contribution in [-0.4, -0.2) is 46.1 Å². The van der Waals surface area contributed by atoms with Gasteiger partial charge in [-0.1, -0.05) is 306 Å². The maximum Gasteiger partial charge on any atom is 0.222 e. The number of carbonyl (C=O) groups excluding carboxylic acids is 1. The van der Waals surface area contributed by atoms with Crippen LogP contribution < -0.4 is 5.32 Å². The summed E-state index contributed by atoms with van der Waals surface area (Å²) < 4.78 is 0. The Morgan fingerprint density at radius 2 is 0.667 bits per heavy atom. The van der Waals surface area contributed by atoms with Gasteiger partial charge in [0.15, 0.2) is 0 Å². The molecule has 0 rings (SSSR count). The fraction of sp³-hybridized carbons (Fsp3) is 0.859. The third-order valence-corrected chi connectivity index (χ3v) is 14.3. The molecule has 406 valence electrons. The number of allylic oxidation sites excluding steroid dienone is 7. The highest BCUT2D eigenvalue weighted by molar-refractivity contribution is 5.76. The van der Waals surface area contributed by atoms with Crippen LogP contribution in [0.3, 0.4) is 0 Å². The number of amides is 1. The predicted molar refractivity (Wildman–Crippen MR) is 305 cm³/mol. The molecule has 0 saturated heterocycles. The molecule has 4 N–H and O–H groups in total. The summed E-state index contributed by atoms with van der Waals surface area (Å²) in [4.78, 5) is 12.5. The van der Waals surface area contributed by atoms with Crippen LogP contribution >= 0.6 is 0 Å². The summed E-state index contributed by atoms with van der Waals surface area (Å²) in [5, 5.41) is 33.5. The minimum Gasteiger partial charge on any atom is -0.394 e. The third-order valence-electron chi connectivity index (χ3n) is 14.3. The van der Waals surface area contributed by atoms with Crippen molar-refractivity contribution in [2.75, 3.05) is 6.61 Å². The van der Waals surface area contributed by atoms with Gasteiger partial charge in [0.2, 0.25) is 5.91 Å². The normalized spacial score (nSPS) is 13.5. The van der Waals surface area contributed by atoms with Crippen LogP contribution in [0, 0.1) is 0 Å². The summed E-state index contributed by atoms with van der Waals surface area (Å²) in [6, 6.07) is -0.763. The first-order valence-electron chi connectivity index (χ1n) is 30.9. The van der Waals surface area contributed by atoms with Crippen molar-refractivity contribution in [3.05, 3.63) is 48.6 Å². The number of unbranched alkanes of at least 4 members (excludes halogenated alkanes) is 42. The number of hydrogen-bond donors (Lipinski definition) is 4. The zero-order valence-corrected chi connectivity index (χ0v) is 46.5. The molecule has 0 spiro atoms. The first-order chi connectivity index (χ1) is 34.0. The molecule has 0 saturated carbocycles. The summed E-state index contributed by atoms with van der Waals surface area (Å²) in [6.07, 6.45) is 79.0. The zero-order valence-electron chi connectivity index (χ0n) is 46.5. The van der Waals surface area contributed by atoms with E-state index >= 15 is 0 Å². The van der Waals surface area contributed by atoms with E-state index in [1.165, 1.54) is 263 Å². The second-order valence-corrected chi connectivity index (χ2v) is 21.3. The molecular weight excluding hydrogens is 847 g/mol. The van der Waals surface area contributed by atoms with E-state index < -0.39 is 18.2 Å². The maximum atomic E-state index is 12.5. The van der Waals surface area contributed by atoms with E-state index in [4.69, 9.17) is 0 Å². The molecule has 0 aromatic rings. The summed E-state index contributed by atoms with van der Waals surface area (Å²) in [5.41, 5.74) is 0. The highest BCUT2D eigenvalue weighted by Gasteiger charge is 2.20. The smallest absolute Gasteiger partial charge is 0.222 e. The van der Waals surface area contributed by atoms with Gasteiger partial charge in [-0.2, -0.15) is 0 Å². The van der Waals surface area contributed by atoms with Gasteiger partial charge >= 0.3 is 0 Å². The Morgan fingerprint density at radius 1 is 0.377 bits per heavy atom. The Hall–Kier alpha value is -1.69. The van der Waals surface area contributed by atoms with Gasteiger partial charge in [0.1, 0.15) is 0 Å². The molecule has 0 bridgehead atoms. The second-order valence-electron chi connectivity index (χ2n) is 21.3. The van der Waals surface area contributed by atoms with Crippen LogP contribution in [0.25, 0.3) is 0 Å². The van der Waals surface area contributed by atoms with Gasteiger partial charge in [-0.05, 0) is 64.2 Å². The van der Waals surface area contributed by atoms with Gasteiger partial charge < -0.3 is 20.6 Å². The molecule has 0 fully saturated rings. The Labute approximate surface area is 431 Å². The van der Waals surface area contributed by atoms with Crippen molar-refractivity contribution >= 4 is 5.91 Å². The molecular formula is C64H121NO4. The van der Waals surface area contributed by atoms with Crippen LogP contribution in [0.1, 0.15) is 328 Å². The summed E-state index contributed by atoms with van der Waals surface area (Å²) in [7, 11) is 0. The van der Waals surface area contributed by atoms with Crippen molar-refractivity contribution in [1.29, 1.82) is 0 Å². The largest absolute Gasteiger partial charge is 0.394 e. The number of aliphatic hydroxyl groups excluding tert-OH is 3. The number of hydrogen-bond acceptors (Lipinski definition) is 4. The molecule has 69 heavy (non-hydrogen) atoms. The van der Waals surface area contributed by atoms with Gasteiger partial charge in [0, 0.05) is 0 Å². The molecule has 0 aliphatic rings. The molecule has 0 heterocycles. The molecule has 1 amide bonds. The van der Waals surface area contributed by atoms with Gasteiger partial charge in [0.05, 0.1) is 31.3 Å². The Balaban J connectivity index is 3.54. The fourth-order valence-corrected chi connectivity index (χ4v) is 9.63. The first kappa shape index (κ1) is 67.3. The summed E-state index contributed by atoms with van der Waals surface area (Å²) in [6.45, 7) is 4.23. The number of rotatable bonds is 57. The van der Waals surface area contributed by atoms with Gasteiger partial charge in [0.25, 0.3) is 0 Å². The predicted octanol–water partition coefficient (Wildman–Crippen LogP) is 19.6. The Bertz CT molecular complexity index is 1110. The van der Waals surface area contributed by atoms with Crippen molar-refractivity contribution in [1.82, 2.24) is 5.32 Å². The Kier molecular flexibility index (Phi) is 57.4. The Morgan fingerprint density at radius 3 is 1.01 bits per heavy atom. The third kappa shape index (κ3) is 55.5. The average molecular weight is 969 g/mol. The van der Waals surface area contributed by atoms with Crippen LogP contribution in [0.2, 0.25) is 0 Å². The average Bonchev–Trinajstić information content (AvgIpc) is 3.35. The van der Waals surface area contributed by atoms with Crippen molar-refractivity contribution in [2.45, 2.75) is 347 Å². The lowest BCUT2D eigenvalue weighted by molar-refractivity contribution is -0.124. The van der Waals surface area contributed by atoms with E-state index in [-0.39, 0.29) is 18.9 Å². The fourth-order valence-electron chi connectivity index (χ4n) is 9.63. The van der Waals surface area contributed by atoms with Crippen molar-refractivity contribution < 1.29 is 20.1 Å². The molecule has 0 aromatic carbocycles. The number of nitrogens with one attached hydrogen (secondary N) is 1. The molecule has 3 atom stereocenters. The van der Waals surface area contributed by atoms with Crippen molar-refractivity contribution in [2.24, 2.45) is 0 Å². The molecule has 0 aliphatic carbocycles. The van der Waals surface area contributed by atoms with Crippen LogP contribution in [-0.2, 0) is 4.79 Å². The van der Waals surface area contributed by atoms with Crippen molar-refractivity contribution in [3.63, 3.8) is 0 Å². The minimum atomic E-state index is -0.953. The molecule has 0 aromatic heterocycles. The zero-order chi connectivity index (χ0) is 50.0. The standard InChI is InChI=1S/C64H121NO4/c1-3-5-7-9-11-13-15-17-19-21-23-24-25-26-27-28-29-30-31-32-33-34-35-36-37-38-40-41-43-45-47-49-51-53-55-57-61(67)59-64(69)65-62(60-66)63(68)58-56-54-52-50-48-46-44-42-39-22-20-18-16-14-12-10-8-6-4-2/h27-28,30-31,48,50,56,58,61-63,66-68H,3-26,29,32-47,49,51-55,57,59-60H2,1-2H3,(H,65,69)/b28-27-,31-30-,50-48+,58-56+. The van der Waals surface area contributed by atoms with Crippen LogP contribution in [0.4, 0.5) is 0 Å².